The van der Waals surface area contributed by atoms with Crippen LogP contribution in [0.2, 0.25) is 0 Å². The monoisotopic (exact) mass is 452 g/mol. The van der Waals surface area contributed by atoms with Crippen molar-refractivity contribution >= 4 is 11.6 Å². The van der Waals surface area contributed by atoms with E-state index in [1.54, 1.807) is 26.4 Å². The molecule has 7 nitrogen and oxygen atoms in total. The van der Waals surface area contributed by atoms with Crippen molar-refractivity contribution in [2.24, 2.45) is 5.16 Å². The second-order valence-corrected chi connectivity index (χ2v) is 8.00. The second-order valence-electron chi connectivity index (χ2n) is 8.00. The molecular formula is C24H22F2N4O3. The Morgan fingerprint density at radius 1 is 1.12 bits per heavy atom. The van der Waals surface area contributed by atoms with Gasteiger partial charge in [-0.05, 0) is 37.3 Å². The van der Waals surface area contributed by atoms with Crippen LogP contribution in [0.4, 0.5) is 8.78 Å². The molecule has 0 saturated heterocycles. The number of nitrogens with zero attached hydrogens (tertiary/aromatic N) is 4. The first kappa shape index (κ1) is 21.0. The minimum absolute atomic E-state index is 0.326. The number of rotatable bonds is 4. The number of imidazole rings is 1. The largest absolute Gasteiger partial charge is 0.495 e. The van der Waals surface area contributed by atoms with E-state index in [1.165, 1.54) is 12.1 Å². The lowest BCUT2D eigenvalue weighted by Gasteiger charge is -2.33. The van der Waals surface area contributed by atoms with E-state index in [9.17, 15) is 8.78 Å². The zero-order valence-electron chi connectivity index (χ0n) is 18.4. The molecule has 1 aromatic heterocycles. The number of benzene rings is 2. The summed E-state index contributed by atoms with van der Waals surface area (Å²) in [7, 11) is 1.61. The third-order valence-electron chi connectivity index (χ3n) is 5.79. The number of oxime groups is 1. The number of hydrogen-bond acceptors (Lipinski definition) is 6. The molecular weight excluding hydrogens is 430 g/mol. The fourth-order valence-corrected chi connectivity index (χ4v) is 4.08. The number of aryl methyl sites for hydroxylation is 1. The summed E-state index contributed by atoms with van der Waals surface area (Å²) in [5, 5.41) is 4.19. The highest BCUT2D eigenvalue weighted by Gasteiger charge is 2.44. The van der Waals surface area contributed by atoms with Gasteiger partial charge >= 0.3 is 0 Å². The molecule has 5 rings (SSSR count). The molecule has 9 heteroatoms. The lowest BCUT2D eigenvalue weighted by molar-refractivity contribution is -0.0930. The van der Waals surface area contributed by atoms with Crippen molar-refractivity contribution in [2.45, 2.75) is 19.6 Å². The highest BCUT2D eigenvalue weighted by Crippen LogP contribution is 2.38. The Hall–Kier alpha value is -3.88. The molecule has 2 aromatic carbocycles. The lowest BCUT2D eigenvalue weighted by Crippen LogP contribution is -2.44. The van der Waals surface area contributed by atoms with Crippen LogP contribution in [-0.4, -0.2) is 40.5 Å². The molecule has 0 bridgehead atoms. The van der Waals surface area contributed by atoms with Crippen molar-refractivity contribution in [3.8, 4) is 11.4 Å². The predicted molar refractivity (Wildman–Crippen MR) is 118 cm³/mol. The molecule has 33 heavy (non-hydrogen) atoms. The van der Waals surface area contributed by atoms with E-state index in [4.69, 9.17) is 14.3 Å². The Morgan fingerprint density at radius 2 is 1.91 bits per heavy atom. The number of aromatic nitrogens is 2. The first-order chi connectivity index (χ1) is 15.9. The second kappa shape index (κ2) is 7.91. The van der Waals surface area contributed by atoms with Gasteiger partial charge in [0.25, 0.3) is 0 Å². The van der Waals surface area contributed by atoms with Crippen LogP contribution in [0.3, 0.4) is 0 Å². The highest BCUT2D eigenvalue weighted by atomic mass is 19.1. The number of hydrogen-bond donors (Lipinski definition) is 0. The average molecular weight is 452 g/mol. The van der Waals surface area contributed by atoms with Gasteiger partial charge in [0.1, 0.15) is 29.8 Å². The van der Waals surface area contributed by atoms with E-state index < -0.39 is 17.4 Å². The SMILES string of the molecule is COc1cc(C2=CC3=NOC(C)(c4cc(F)cc(F)c4)N3CCO2)ccc1-n1cnc(C)c1. The molecule has 0 fully saturated rings. The molecule has 2 aliphatic heterocycles. The molecule has 0 amide bonds. The van der Waals surface area contributed by atoms with E-state index in [1.807, 2.05) is 40.8 Å². The molecule has 0 saturated carbocycles. The maximum Gasteiger partial charge on any atom is 0.234 e. The Kier molecular flexibility index (Phi) is 5.03. The number of fused-ring (bicyclic) bond motifs is 1. The van der Waals surface area contributed by atoms with Gasteiger partial charge in [-0.3, -0.25) is 0 Å². The van der Waals surface area contributed by atoms with Crippen molar-refractivity contribution in [3.63, 3.8) is 0 Å². The smallest absolute Gasteiger partial charge is 0.234 e. The van der Waals surface area contributed by atoms with Gasteiger partial charge in [-0.15, -0.1) is 0 Å². The van der Waals surface area contributed by atoms with Crippen LogP contribution >= 0.6 is 0 Å². The molecule has 0 aliphatic carbocycles. The Balaban J connectivity index is 1.48. The van der Waals surface area contributed by atoms with Crippen molar-refractivity contribution < 1.29 is 23.1 Å². The molecule has 2 aliphatic rings. The third kappa shape index (κ3) is 3.69. The van der Waals surface area contributed by atoms with Crippen molar-refractivity contribution in [3.05, 3.63) is 83.5 Å². The van der Waals surface area contributed by atoms with Gasteiger partial charge in [0, 0.05) is 36.4 Å². The quantitative estimate of drug-likeness (QED) is 0.589. The van der Waals surface area contributed by atoms with Gasteiger partial charge in [0.15, 0.2) is 5.84 Å². The zero-order chi connectivity index (χ0) is 23.2. The summed E-state index contributed by atoms with van der Waals surface area (Å²) in [5.74, 6) is 0.390. The summed E-state index contributed by atoms with van der Waals surface area (Å²) in [4.78, 5) is 11.8. The van der Waals surface area contributed by atoms with E-state index >= 15 is 0 Å². The van der Waals surface area contributed by atoms with Crippen molar-refractivity contribution in [2.75, 3.05) is 20.3 Å². The molecule has 0 radical (unpaired) electrons. The first-order valence-corrected chi connectivity index (χ1v) is 10.4. The van der Waals surface area contributed by atoms with E-state index in [2.05, 4.69) is 10.1 Å². The molecule has 1 atom stereocenters. The predicted octanol–water partition coefficient (Wildman–Crippen LogP) is 4.36. The highest BCUT2D eigenvalue weighted by molar-refractivity contribution is 5.99. The minimum Gasteiger partial charge on any atom is -0.495 e. The Labute approximate surface area is 189 Å². The van der Waals surface area contributed by atoms with Gasteiger partial charge in [0.2, 0.25) is 5.72 Å². The Bertz CT molecular complexity index is 1270. The summed E-state index contributed by atoms with van der Waals surface area (Å²) in [6.07, 6.45) is 5.40. The van der Waals surface area contributed by atoms with Gasteiger partial charge < -0.3 is 23.8 Å². The topological polar surface area (TPSA) is 61.1 Å². The molecule has 3 heterocycles. The minimum atomic E-state index is -1.16. The maximum atomic E-state index is 13.9. The van der Waals surface area contributed by atoms with Gasteiger partial charge in [-0.2, -0.15) is 0 Å². The molecule has 170 valence electrons. The van der Waals surface area contributed by atoms with Crippen LogP contribution < -0.4 is 4.74 Å². The Morgan fingerprint density at radius 3 is 2.61 bits per heavy atom. The maximum absolute atomic E-state index is 13.9. The summed E-state index contributed by atoms with van der Waals surface area (Å²) in [5.41, 5.74) is 1.71. The van der Waals surface area contributed by atoms with Gasteiger partial charge in [0.05, 0.1) is 31.4 Å². The van der Waals surface area contributed by atoms with E-state index in [0.717, 1.165) is 23.0 Å². The number of halogens is 2. The fourth-order valence-electron chi connectivity index (χ4n) is 4.08. The van der Waals surface area contributed by atoms with E-state index in [0.29, 0.717) is 36.1 Å². The molecule has 0 N–H and O–H groups in total. The van der Waals surface area contributed by atoms with Crippen LogP contribution in [0.1, 0.15) is 23.7 Å². The summed E-state index contributed by atoms with van der Waals surface area (Å²) in [6.45, 7) is 4.38. The van der Waals surface area contributed by atoms with Gasteiger partial charge in [-0.1, -0.05) is 5.16 Å². The van der Waals surface area contributed by atoms with Gasteiger partial charge in [-0.25, -0.2) is 13.8 Å². The molecule has 3 aromatic rings. The number of ether oxygens (including phenoxy) is 2. The summed E-state index contributed by atoms with van der Waals surface area (Å²) in [6, 6.07) is 9.05. The van der Waals surface area contributed by atoms with Crippen LogP contribution in [0.15, 0.2) is 60.2 Å². The fraction of sp³-hybridized carbons (Fsp3) is 0.250. The molecule has 0 spiro atoms. The van der Waals surface area contributed by atoms with Crippen LogP contribution in [0.25, 0.3) is 11.4 Å². The van der Waals surface area contributed by atoms with Crippen LogP contribution in [0, 0.1) is 18.6 Å². The van der Waals surface area contributed by atoms with Crippen molar-refractivity contribution in [1.29, 1.82) is 0 Å². The van der Waals surface area contributed by atoms with Crippen molar-refractivity contribution in [1.82, 2.24) is 14.5 Å². The normalized spacial score (nSPS) is 19.7. The van der Waals surface area contributed by atoms with Crippen LogP contribution in [-0.2, 0) is 15.3 Å². The summed E-state index contributed by atoms with van der Waals surface area (Å²) < 4.78 is 41.2. The van der Waals surface area contributed by atoms with E-state index in [-0.39, 0.29) is 0 Å². The lowest BCUT2D eigenvalue weighted by atomic mass is 10.0. The van der Waals surface area contributed by atoms with Crippen LogP contribution in [0.5, 0.6) is 5.75 Å². The number of methoxy groups -OCH3 is 1. The third-order valence-corrected chi connectivity index (χ3v) is 5.79. The zero-order valence-corrected chi connectivity index (χ0v) is 18.4. The molecule has 1 unspecified atom stereocenters. The average Bonchev–Trinajstić information content (AvgIpc) is 3.28. The standard InChI is InChI=1S/C24H22F2N4O3/c1-15-13-29(14-27-15)20-5-4-16(8-22(20)31-3)21-12-23-28-33-24(2,30(23)6-7-32-21)17-9-18(25)11-19(26)10-17/h4-5,8-14H,6-7H2,1-3H3. The first-order valence-electron chi connectivity index (χ1n) is 10.4. The summed E-state index contributed by atoms with van der Waals surface area (Å²) >= 11 is 0. The number of amidine groups is 1.